The van der Waals surface area contributed by atoms with Crippen molar-refractivity contribution in [3.8, 4) is 11.5 Å². The van der Waals surface area contributed by atoms with Gasteiger partial charge in [0.2, 0.25) is 0 Å². The van der Waals surface area contributed by atoms with Crippen LogP contribution in [0.1, 0.15) is 12.6 Å². The summed E-state index contributed by atoms with van der Waals surface area (Å²) in [4.78, 5) is 4.21. The van der Waals surface area contributed by atoms with E-state index in [1.54, 1.807) is 20.4 Å². The van der Waals surface area contributed by atoms with Crippen LogP contribution in [0.5, 0.6) is 11.5 Å². The van der Waals surface area contributed by atoms with E-state index >= 15 is 0 Å². The van der Waals surface area contributed by atoms with Gasteiger partial charge in [-0.25, -0.2) is 0 Å². The molecule has 0 amide bonds. The Bertz CT molecular complexity index is 657. The molecule has 2 aromatic rings. The van der Waals surface area contributed by atoms with Gasteiger partial charge in [0.25, 0.3) is 0 Å². The second-order valence-corrected chi connectivity index (χ2v) is 5.36. The van der Waals surface area contributed by atoms with Crippen LogP contribution >= 0.6 is 24.0 Å². The van der Waals surface area contributed by atoms with Crippen LogP contribution in [0.3, 0.4) is 0 Å². The number of rotatable bonds is 7. The number of benzene rings is 1. The van der Waals surface area contributed by atoms with Gasteiger partial charge in [0.05, 0.1) is 25.9 Å². The first kappa shape index (κ1) is 21.1. The van der Waals surface area contributed by atoms with Crippen LogP contribution in [0.4, 0.5) is 0 Å². The molecule has 0 aliphatic heterocycles. The lowest BCUT2D eigenvalue weighted by Gasteiger charge is -2.18. The van der Waals surface area contributed by atoms with Crippen molar-refractivity contribution >= 4 is 29.9 Å². The van der Waals surface area contributed by atoms with Crippen molar-refractivity contribution in [2.45, 2.75) is 19.6 Å². The van der Waals surface area contributed by atoms with Crippen LogP contribution < -0.4 is 20.1 Å². The van der Waals surface area contributed by atoms with Crippen molar-refractivity contribution < 1.29 is 9.47 Å². The first-order chi connectivity index (χ1) is 11.6. The summed E-state index contributed by atoms with van der Waals surface area (Å²) >= 11 is 0. The van der Waals surface area contributed by atoms with Crippen molar-refractivity contribution in [3.05, 3.63) is 42.2 Å². The molecule has 7 nitrogen and oxygen atoms in total. The normalized spacial score (nSPS) is 12.1. The third kappa shape index (κ3) is 6.81. The van der Waals surface area contributed by atoms with Crippen LogP contribution in [-0.2, 0) is 13.6 Å². The van der Waals surface area contributed by atoms with Gasteiger partial charge in [-0.1, -0.05) is 0 Å². The number of ether oxygens (including phenoxy) is 2. The summed E-state index contributed by atoms with van der Waals surface area (Å²) in [5.74, 6) is 2.34. The molecule has 1 aromatic carbocycles. The molecular weight excluding hydrogens is 433 g/mol. The number of guanidine groups is 1. The highest BCUT2D eigenvalue weighted by molar-refractivity contribution is 14.0. The third-order valence-corrected chi connectivity index (χ3v) is 3.54. The van der Waals surface area contributed by atoms with Crippen LogP contribution in [0, 0.1) is 0 Å². The molecule has 2 N–H and O–H groups in total. The summed E-state index contributed by atoms with van der Waals surface area (Å²) in [7, 11) is 5.30. The zero-order valence-electron chi connectivity index (χ0n) is 15.0. The number of methoxy groups -OCH3 is 1. The van der Waals surface area contributed by atoms with Crippen molar-refractivity contribution in [2.75, 3.05) is 20.7 Å². The van der Waals surface area contributed by atoms with Gasteiger partial charge in [0.15, 0.2) is 5.96 Å². The molecule has 0 aliphatic carbocycles. The minimum absolute atomic E-state index is 0. The average molecular weight is 459 g/mol. The number of aromatic nitrogens is 2. The van der Waals surface area contributed by atoms with Gasteiger partial charge < -0.3 is 20.1 Å². The largest absolute Gasteiger partial charge is 0.497 e. The maximum Gasteiger partial charge on any atom is 0.191 e. The molecule has 0 saturated heterocycles. The molecule has 1 aromatic heterocycles. The fraction of sp³-hybridized carbons (Fsp3) is 0.412. The van der Waals surface area contributed by atoms with E-state index in [2.05, 4.69) is 20.7 Å². The number of aliphatic imine (C=N–C) groups is 1. The van der Waals surface area contributed by atoms with Gasteiger partial charge in [-0.2, -0.15) is 5.10 Å². The molecular formula is C17H26IN5O2. The second-order valence-electron chi connectivity index (χ2n) is 5.36. The Morgan fingerprint density at radius 3 is 2.44 bits per heavy atom. The van der Waals surface area contributed by atoms with Crippen molar-refractivity contribution in [3.63, 3.8) is 0 Å². The highest BCUT2D eigenvalue weighted by atomic mass is 127. The molecule has 1 heterocycles. The van der Waals surface area contributed by atoms with Crippen LogP contribution in [0.25, 0.3) is 0 Å². The van der Waals surface area contributed by atoms with Crippen molar-refractivity contribution in [1.82, 2.24) is 20.4 Å². The summed E-state index contributed by atoms with van der Waals surface area (Å²) in [5.41, 5.74) is 1.08. The molecule has 2 rings (SSSR count). The molecule has 0 saturated carbocycles. The molecule has 1 atom stereocenters. The number of hydrogen-bond acceptors (Lipinski definition) is 4. The number of halogens is 1. The quantitative estimate of drug-likeness (QED) is 0.378. The molecule has 25 heavy (non-hydrogen) atoms. The predicted molar refractivity (Wildman–Crippen MR) is 110 cm³/mol. The first-order valence-electron chi connectivity index (χ1n) is 7.84. The van der Waals surface area contributed by atoms with Gasteiger partial charge in [-0.15, -0.1) is 24.0 Å². The lowest BCUT2D eigenvalue weighted by atomic mass is 10.3. The maximum absolute atomic E-state index is 5.86. The Morgan fingerprint density at radius 1 is 1.20 bits per heavy atom. The van der Waals surface area contributed by atoms with Gasteiger partial charge in [0, 0.05) is 20.3 Å². The molecule has 0 spiro atoms. The lowest BCUT2D eigenvalue weighted by molar-refractivity contribution is 0.223. The van der Waals surface area contributed by atoms with Crippen LogP contribution in [-0.4, -0.2) is 42.5 Å². The molecule has 138 valence electrons. The molecule has 8 heteroatoms. The fourth-order valence-corrected chi connectivity index (χ4v) is 2.14. The topological polar surface area (TPSA) is 72.7 Å². The van der Waals surface area contributed by atoms with E-state index in [0.29, 0.717) is 13.1 Å². The van der Waals surface area contributed by atoms with Crippen LogP contribution in [0.15, 0.2) is 41.5 Å². The number of nitrogens with one attached hydrogen (secondary N) is 2. The molecule has 1 unspecified atom stereocenters. The smallest absolute Gasteiger partial charge is 0.191 e. The third-order valence-electron chi connectivity index (χ3n) is 3.54. The van der Waals surface area contributed by atoms with E-state index in [1.807, 2.05) is 49.0 Å². The molecule has 0 bridgehead atoms. The van der Waals surface area contributed by atoms with E-state index in [1.165, 1.54) is 0 Å². The number of aryl methyl sites for hydroxylation is 1. The zero-order chi connectivity index (χ0) is 17.4. The average Bonchev–Trinajstić information content (AvgIpc) is 3.01. The Balaban J connectivity index is 0.00000312. The van der Waals surface area contributed by atoms with Crippen LogP contribution in [0.2, 0.25) is 0 Å². The minimum atomic E-state index is -0.00588. The maximum atomic E-state index is 5.86. The van der Waals surface area contributed by atoms with E-state index in [4.69, 9.17) is 9.47 Å². The summed E-state index contributed by atoms with van der Waals surface area (Å²) < 4.78 is 12.8. The summed E-state index contributed by atoms with van der Waals surface area (Å²) in [6.07, 6.45) is 1.77. The fourth-order valence-electron chi connectivity index (χ4n) is 2.14. The van der Waals surface area contributed by atoms with Gasteiger partial charge in [0.1, 0.15) is 17.6 Å². The highest BCUT2D eigenvalue weighted by Gasteiger charge is 2.07. The minimum Gasteiger partial charge on any atom is -0.497 e. The van der Waals surface area contributed by atoms with Crippen molar-refractivity contribution in [2.24, 2.45) is 12.0 Å². The summed E-state index contributed by atoms with van der Waals surface area (Å²) in [6, 6.07) is 9.51. The van der Waals surface area contributed by atoms with E-state index in [-0.39, 0.29) is 30.1 Å². The zero-order valence-corrected chi connectivity index (χ0v) is 17.4. The van der Waals surface area contributed by atoms with Crippen molar-refractivity contribution in [1.29, 1.82) is 0 Å². The predicted octanol–water partition coefficient (Wildman–Crippen LogP) is 2.18. The summed E-state index contributed by atoms with van der Waals surface area (Å²) in [6.45, 7) is 3.30. The summed E-state index contributed by atoms with van der Waals surface area (Å²) in [5, 5.41) is 10.6. The highest BCUT2D eigenvalue weighted by Crippen LogP contribution is 2.17. The Labute approximate surface area is 165 Å². The first-order valence-corrected chi connectivity index (χ1v) is 7.84. The standard InChI is InChI=1S/C17H25N5O2.HI/c1-13(24-16-7-5-15(23-4)6-8-16)11-19-17(18-2)20-12-14-9-10-21-22(14)3;/h5-10,13H,11-12H2,1-4H3,(H2,18,19,20);1H. The van der Waals surface area contributed by atoms with E-state index in [9.17, 15) is 0 Å². The Kier molecular flexibility index (Phi) is 9.11. The molecule has 0 fully saturated rings. The van der Waals surface area contributed by atoms with E-state index in [0.717, 1.165) is 23.2 Å². The number of nitrogens with zero attached hydrogens (tertiary/aromatic N) is 3. The Morgan fingerprint density at radius 2 is 1.88 bits per heavy atom. The van der Waals surface area contributed by atoms with E-state index < -0.39 is 0 Å². The second kappa shape index (κ2) is 10.8. The number of hydrogen-bond donors (Lipinski definition) is 2. The molecule has 0 aliphatic rings. The Hall–Kier alpha value is -1.97. The van der Waals surface area contributed by atoms with Gasteiger partial charge in [-0.05, 0) is 37.3 Å². The monoisotopic (exact) mass is 459 g/mol. The van der Waals surface area contributed by atoms with Gasteiger partial charge >= 0.3 is 0 Å². The molecule has 0 radical (unpaired) electrons. The lowest BCUT2D eigenvalue weighted by Crippen LogP contribution is -2.41. The SMILES string of the molecule is CN=C(NCc1ccnn1C)NCC(C)Oc1ccc(OC)cc1.I. The van der Waals surface area contributed by atoms with Gasteiger partial charge in [-0.3, -0.25) is 9.67 Å².